The molecule has 0 bridgehead atoms. The number of hydrogen-bond acceptors (Lipinski definition) is 4. The molecule has 0 saturated carbocycles. The zero-order chi connectivity index (χ0) is 12.4. The number of ether oxygens (including phenoxy) is 1. The predicted octanol–water partition coefficient (Wildman–Crippen LogP) is 2.49. The molecular weight excluding hydrogens is 220 g/mol. The maximum absolute atomic E-state index is 10.9. The molecule has 1 aliphatic rings. The summed E-state index contributed by atoms with van der Waals surface area (Å²) in [6, 6.07) is 5.25. The van der Waals surface area contributed by atoms with Crippen molar-refractivity contribution in [3.8, 4) is 0 Å². The van der Waals surface area contributed by atoms with E-state index in [1.54, 1.807) is 6.07 Å². The van der Waals surface area contributed by atoms with Crippen LogP contribution in [0.5, 0.6) is 0 Å². The van der Waals surface area contributed by atoms with Crippen molar-refractivity contribution in [3.05, 3.63) is 33.9 Å². The van der Waals surface area contributed by atoms with E-state index in [1.165, 1.54) is 6.07 Å². The Hall–Kier alpha value is -1.62. The highest BCUT2D eigenvalue weighted by molar-refractivity contribution is 5.63. The lowest BCUT2D eigenvalue weighted by atomic mass is 10.1. The Balaban J connectivity index is 2.24. The maximum atomic E-state index is 10.9. The van der Waals surface area contributed by atoms with Gasteiger partial charge in [0.2, 0.25) is 0 Å². The fourth-order valence-electron chi connectivity index (χ4n) is 2.05. The van der Waals surface area contributed by atoms with E-state index >= 15 is 0 Å². The van der Waals surface area contributed by atoms with Gasteiger partial charge >= 0.3 is 0 Å². The lowest BCUT2D eigenvalue weighted by molar-refractivity contribution is -0.384. The van der Waals surface area contributed by atoms with Crippen molar-refractivity contribution in [1.82, 2.24) is 0 Å². The van der Waals surface area contributed by atoms with Gasteiger partial charge in [-0.05, 0) is 31.9 Å². The second kappa shape index (κ2) is 4.71. The molecule has 0 radical (unpaired) electrons. The van der Waals surface area contributed by atoms with Crippen LogP contribution in [-0.4, -0.2) is 23.7 Å². The van der Waals surface area contributed by atoms with Crippen LogP contribution < -0.4 is 5.32 Å². The van der Waals surface area contributed by atoms with E-state index < -0.39 is 0 Å². The van der Waals surface area contributed by atoms with Gasteiger partial charge in [-0.3, -0.25) is 10.1 Å². The summed E-state index contributed by atoms with van der Waals surface area (Å²) in [4.78, 5) is 10.6. The van der Waals surface area contributed by atoms with Gasteiger partial charge in [0.05, 0.1) is 17.1 Å². The largest absolute Gasteiger partial charge is 0.376 e. The summed E-state index contributed by atoms with van der Waals surface area (Å²) >= 11 is 0. The molecule has 1 fully saturated rings. The number of nitrogens with one attached hydrogen (secondary N) is 1. The summed E-state index contributed by atoms with van der Waals surface area (Å²) in [6.07, 6.45) is 0.974. The highest BCUT2D eigenvalue weighted by Gasteiger charge is 2.26. The maximum Gasteiger partial charge on any atom is 0.292 e. The quantitative estimate of drug-likeness (QED) is 0.647. The molecule has 2 unspecified atom stereocenters. The van der Waals surface area contributed by atoms with Crippen LogP contribution in [0.2, 0.25) is 0 Å². The first kappa shape index (κ1) is 11.9. The van der Waals surface area contributed by atoms with Crippen LogP contribution in [0.4, 0.5) is 11.4 Å². The molecule has 1 aliphatic heterocycles. The minimum atomic E-state index is -0.359. The van der Waals surface area contributed by atoms with Gasteiger partial charge in [0.15, 0.2) is 0 Å². The topological polar surface area (TPSA) is 64.4 Å². The molecule has 1 aromatic carbocycles. The molecule has 1 saturated heterocycles. The minimum absolute atomic E-state index is 0.0927. The van der Waals surface area contributed by atoms with Gasteiger partial charge in [0.1, 0.15) is 5.69 Å². The van der Waals surface area contributed by atoms with Crippen molar-refractivity contribution >= 4 is 11.4 Å². The van der Waals surface area contributed by atoms with Gasteiger partial charge in [-0.1, -0.05) is 6.07 Å². The number of nitro groups is 1. The fourth-order valence-corrected chi connectivity index (χ4v) is 2.05. The van der Waals surface area contributed by atoms with E-state index in [0.29, 0.717) is 12.3 Å². The number of benzene rings is 1. The Morgan fingerprint density at radius 2 is 2.29 bits per heavy atom. The molecule has 0 amide bonds. The van der Waals surface area contributed by atoms with E-state index in [1.807, 2.05) is 19.9 Å². The van der Waals surface area contributed by atoms with Crippen LogP contribution in [0.1, 0.15) is 18.9 Å². The smallest absolute Gasteiger partial charge is 0.292 e. The molecule has 2 rings (SSSR count). The highest BCUT2D eigenvalue weighted by atomic mass is 16.6. The first-order valence-corrected chi connectivity index (χ1v) is 5.71. The van der Waals surface area contributed by atoms with Gasteiger partial charge in [-0.2, -0.15) is 0 Å². The Bertz CT molecular complexity index is 434. The van der Waals surface area contributed by atoms with E-state index in [0.717, 1.165) is 12.0 Å². The first-order valence-electron chi connectivity index (χ1n) is 5.71. The number of rotatable bonds is 3. The van der Waals surface area contributed by atoms with Crippen LogP contribution in [0.15, 0.2) is 18.2 Å². The molecule has 2 atom stereocenters. The zero-order valence-electron chi connectivity index (χ0n) is 9.97. The molecule has 0 spiro atoms. The van der Waals surface area contributed by atoms with Gasteiger partial charge in [0, 0.05) is 12.7 Å². The molecule has 17 heavy (non-hydrogen) atoms. The molecule has 5 heteroatoms. The monoisotopic (exact) mass is 236 g/mol. The SMILES string of the molecule is Cc1ccc([N+](=O)[O-])c(NC2CCOC2C)c1. The molecule has 92 valence electrons. The van der Waals surface area contributed by atoms with E-state index in [4.69, 9.17) is 4.74 Å². The third kappa shape index (κ3) is 2.55. The number of nitrogens with zero attached hydrogens (tertiary/aromatic N) is 1. The van der Waals surface area contributed by atoms with Crippen molar-refractivity contribution in [3.63, 3.8) is 0 Å². The summed E-state index contributed by atoms with van der Waals surface area (Å²) in [7, 11) is 0. The number of aryl methyl sites for hydroxylation is 1. The van der Waals surface area contributed by atoms with Crippen molar-refractivity contribution in [2.75, 3.05) is 11.9 Å². The van der Waals surface area contributed by atoms with Crippen molar-refractivity contribution in [1.29, 1.82) is 0 Å². The summed E-state index contributed by atoms with van der Waals surface area (Å²) in [6.45, 7) is 4.61. The van der Waals surface area contributed by atoms with Crippen molar-refractivity contribution < 1.29 is 9.66 Å². The summed E-state index contributed by atoms with van der Waals surface area (Å²) in [5, 5.41) is 14.1. The second-order valence-corrected chi connectivity index (χ2v) is 4.39. The van der Waals surface area contributed by atoms with Crippen LogP contribution in [-0.2, 0) is 4.74 Å². The second-order valence-electron chi connectivity index (χ2n) is 4.39. The summed E-state index contributed by atoms with van der Waals surface area (Å²) in [5.41, 5.74) is 1.71. The lowest BCUT2D eigenvalue weighted by Gasteiger charge is -2.17. The average molecular weight is 236 g/mol. The lowest BCUT2D eigenvalue weighted by Crippen LogP contribution is -2.27. The molecule has 1 aromatic rings. The third-order valence-electron chi connectivity index (χ3n) is 3.07. The standard InChI is InChI=1S/C12H16N2O3/c1-8-3-4-12(14(15)16)11(7-8)13-10-5-6-17-9(10)2/h3-4,7,9-10,13H,5-6H2,1-2H3. The first-order chi connectivity index (χ1) is 8.08. The summed E-state index contributed by atoms with van der Waals surface area (Å²) in [5.74, 6) is 0. The molecular formula is C12H16N2O3. The van der Waals surface area contributed by atoms with Crippen LogP contribution in [0.3, 0.4) is 0 Å². The normalized spacial score (nSPS) is 23.6. The van der Waals surface area contributed by atoms with Crippen molar-refractivity contribution in [2.45, 2.75) is 32.4 Å². The van der Waals surface area contributed by atoms with Gasteiger partial charge < -0.3 is 10.1 Å². The predicted molar refractivity (Wildman–Crippen MR) is 65.3 cm³/mol. The number of hydrogen-bond donors (Lipinski definition) is 1. The Morgan fingerprint density at radius 1 is 1.53 bits per heavy atom. The Kier molecular flexibility index (Phi) is 3.28. The number of anilines is 1. The van der Waals surface area contributed by atoms with Crippen molar-refractivity contribution in [2.24, 2.45) is 0 Å². The molecule has 1 heterocycles. The zero-order valence-corrected chi connectivity index (χ0v) is 9.97. The third-order valence-corrected chi connectivity index (χ3v) is 3.07. The Labute approximate surface area is 99.9 Å². The molecule has 5 nitrogen and oxygen atoms in total. The minimum Gasteiger partial charge on any atom is -0.376 e. The van der Waals surface area contributed by atoms with Gasteiger partial charge in [0.25, 0.3) is 5.69 Å². The van der Waals surface area contributed by atoms with Gasteiger partial charge in [-0.25, -0.2) is 0 Å². The Morgan fingerprint density at radius 3 is 2.88 bits per heavy atom. The van der Waals surface area contributed by atoms with E-state index in [9.17, 15) is 10.1 Å². The molecule has 0 aliphatic carbocycles. The summed E-state index contributed by atoms with van der Waals surface area (Å²) < 4.78 is 5.44. The molecule has 0 aromatic heterocycles. The number of nitro benzene ring substituents is 1. The highest BCUT2D eigenvalue weighted by Crippen LogP contribution is 2.28. The van der Waals surface area contributed by atoms with E-state index in [2.05, 4.69) is 5.32 Å². The molecule has 1 N–H and O–H groups in total. The van der Waals surface area contributed by atoms with E-state index in [-0.39, 0.29) is 22.8 Å². The van der Waals surface area contributed by atoms with Crippen LogP contribution in [0, 0.1) is 17.0 Å². The fraction of sp³-hybridized carbons (Fsp3) is 0.500. The van der Waals surface area contributed by atoms with Gasteiger partial charge in [-0.15, -0.1) is 0 Å². The van der Waals surface area contributed by atoms with Crippen LogP contribution >= 0.6 is 0 Å². The average Bonchev–Trinajstić information content (AvgIpc) is 2.64. The van der Waals surface area contributed by atoms with Crippen LogP contribution in [0.25, 0.3) is 0 Å².